The highest BCUT2D eigenvalue weighted by molar-refractivity contribution is 5.19. The van der Waals surface area contributed by atoms with Crippen molar-refractivity contribution in [3.05, 3.63) is 117 Å². The topological polar surface area (TPSA) is 44.0 Å². The lowest BCUT2D eigenvalue weighted by Crippen LogP contribution is -2.41. The van der Waals surface area contributed by atoms with E-state index in [-0.39, 0.29) is 17.8 Å². The van der Waals surface area contributed by atoms with Gasteiger partial charge in [-0.3, -0.25) is 13.9 Å². The van der Waals surface area contributed by atoms with Crippen LogP contribution in [0.25, 0.3) is 0 Å². The maximum Gasteiger partial charge on any atom is 0.331 e. The second-order valence-corrected chi connectivity index (χ2v) is 7.25. The van der Waals surface area contributed by atoms with Gasteiger partial charge in [-0.2, -0.15) is 0 Å². The number of benzene rings is 2. The van der Waals surface area contributed by atoms with Gasteiger partial charge in [0.1, 0.15) is 0 Å². The molecule has 150 valence electrons. The van der Waals surface area contributed by atoms with Crippen LogP contribution in [-0.4, -0.2) is 9.13 Å². The minimum atomic E-state index is -0.276. The molecule has 0 atom stereocenters. The quantitative estimate of drug-likeness (QED) is 0.403. The average Bonchev–Trinajstić information content (AvgIpc) is 2.75. The molecule has 0 aliphatic rings. The predicted molar refractivity (Wildman–Crippen MR) is 118 cm³/mol. The van der Waals surface area contributed by atoms with Crippen molar-refractivity contribution >= 4 is 0 Å². The molecule has 0 saturated carbocycles. The van der Waals surface area contributed by atoms with Crippen LogP contribution in [0.2, 0.25) is 0 Å². The molecule has 0 unspecified atom stereocenters. The predicted octanol–water partition coefficient (Wildman–Crippen LogP) is 4.40. The monoisotopic (exact) mass is 388 g/mol. The summed E-state index contributed by atoms with van der Waals surface area (Å²) in [5.74, 6) is 0. The van der Waals surface area contributed by atoms with E-state index in [1.165, 1.54) is 4.57 Å². The van der Waals surface area contributed by atoms with E-state index in [4.69, 9.17) is 0 Å². The molecule has 4 nitrogen and oxygen atoms in total. The molecule has 0 aliphatic carbocycles. The number of hydrogen-bond acceptors (Lipinski definition) is 2. The molecule has 0 bridgehead atoms. The van der Waals surface area contributed by atoms with Crippen molar-refractivity contribution in [3.63, 3.8) is 0 Å². The standard InChI is InChI=1S/C25H28N2O2/c1-2-3-4-5-12-17-23-20-26(18-21-13-8-6-9-14-21)25(29)27(24(23)28)19-22-15-10-7-11-16-22/h5-16,20H,2-4,17-19H2,1H3/b12-5-. The van der Waals surface area contributed by atoms with Gasteiger partial charge >= 0.3 is 5.69 Å². The smallest absolute Gasteiger partial charge is 0.296 e. The van der Waals surface area contributed by atoms with Crippen molar-refractivity contribution in [2.75, 3.05) is 0 Å². The Kier molecular flexibility index (Phi) is 7.40. The van der Waals surface area contributed by atoms with E-state index >= 15 is 0 Å². The van der Waals surface area contributed by atoms with Crippen LogP contribution in [0.3, 0.4) is 0 Å². The van der Waals surface area contributed by atoms with E-state index in [0.717, 1.165) is 30.4 Å². The zero-order valence-corrected chi connectivity index (χ0v) is 17.0. The number of hydrogen-bond donors (Lipinski definition) is 0. The molecule has 0 radical (unpaired) electrons. The summed E-state index contributed by atoms with van der Waals surface area (Å²) in [7, 11) is 0. The fraction of sp³-hybridized carbons (Fsp3) is 0.280. The van der Waals surface area contributed by atoms with Gasteiger partial charge in [0, 0.05) is 11.8 Å². The molecule has 0 N–H and O–H groups in total. The van der Waals surface area contributed by atoms with Gasteiger partial charge < -0.3 is 0 Å². The van der Waals surface area contributed by atoms with Gasteiger partial charge in [0.2, 0.25) is 0 Å². The number of allylic oxidation sites excluding steroid dienone is 2. The van der Waals surface area contributed by atoms with Crippen LogP contribution >= 0.6 is 0 Å². The third-order valence-corrected chi connectivity index (χ3v) is 4.92. The molecule has 3 aromatic rings. The molecule has 29 heavy (non-hydrogen) atoms. The van der Waals surface area contributed by atoms with Gasteiger partial charge in [-0.25, -0.2) is 4.79 Å². The summed E-state index contributed by atoms with van der Waals surface area (Å²) in [5.41, 5.74) is 2.13. The van der Waals surface area contributed by atoms with E-state index in [1.54, 1.807) is 10.8 Å². The first-order chi connectivity index (χ1) is 14.2. The van der Waals surface area contributed by atoms with Gasteiger partial charge in [-0.15, -0.1) is 0 Å². The van der Waals surface area contributed by atoms with Gasteiger partial charge in [-0.05, 0) is 24.0 Å². The van der Waals surface area contributed by atoms with Crippen molar-refractivity contribution < 1.29 is 0 Å². The Morgan fingerprint density at radius 1 is 0.828 bits per heavy atom. The van der Waals surface area contributed by atoms with E-state index in [0.29, 0.717) is 18.5 Å². The molecule has 1 heterocycles. The maximum absolute atomic E-state index is 13.1. The second kappa shape index (κ2) is 10.4. The summed E-state index contributed by atoms with van der Waals surface area (Å²) in [5, 5.41) is 0. The summed E-state index contributed by atoms with van der Waals surface area (Å²) in [6.07, 6.45) is 9.72. The van der Waals surface area contributed by atoms with E-state index < -0.39 is 0 Å². The van der Waals surface area contributed by atoms with Crippen molar-refractivity contribution in [3.8, 4) is 0 Å². The molecular weight excluding hydrogens is 360 g/mol. The average molecular weight is 389 g/mol. The van der Waals surface area contributed by atoms with Crippen molar-refractivity contribution in [2.45, 2.75) is 45.7 Å². The fourth-order valence-corrected chi connectivity index (χ4v) is 3.30. The van der Waals surface area contributed by atoms with Gasteiger partial charge in [0.25, 0.3) is 5.56 Å². The first kappa shape index (κ1) is 20.6. The second-order valence-electron chi connectivity index (χ2n) is 7.25. The summed E-state index contributed by atoms with van der Waals surface area (Å²) < 4.78 is 3.00. The first-order valence-corrected chi connectivity index (χ1v) is 10.2. The van der Waals surface area contributed by atoms with Gasteiger partial charge in [0.15, 0.2) is 0 Å². The number of unbranched alkanes of at least 4 members (excludes halogenated alkanes) is 2. The largest absolute Gasteiger partial charge is 0.331 e. The number of aromatic nitrogens is 2. The summed E-state index contributed by atoms with van der Waals surface area (Å²) in [6, 6.07) is 19.5. The summed E-state index contributed by atoms with van der Waals surface area (Å²) in [6.45, 7) is 2.89. The van der Waals surface area contributed by atoms with Crippen molar-refractivity contribution in [1.29, 1.82) is 0 Å². The Morgan fingerprint density at radius 2 is 1.45 bits per heavy atom. The molecule has 3 rings (SSSR count). The number of rotatable bonds is 9. The van der Waals surface area contributed by atoms with E-state index in [2.05, 4.69) is 13.0 Å². The number of nitrogens with zero attached hydrogens (tertiary/aromatic N) is 2. The highest BCUT2D eigenvalue weighted by atomic mass is 16.2. The van der Waals surface area contributed by atoms with Crippen LogP contribution in [-0.2, 0) is 19.5 Å². The highest BCUT2D eigenvalue weighted by Crippen LogP contribution is 2.04. The Labute approximate surface area is 171 Å². The third-order valence-electron chi connectivity index (χ3n) is 4.92. The van der Waals surface area contributed by atoms with Crippen LogP contribution in [0, 0.1) is 0 Å². The zero-order valence-electron chi connectivity index (χ0n) is 17.0. The van der Waals surface area contributed by atoms with E-state index in [1.807, 2.05) is 66.7 Å². The Balaban J connectivity index is 1.97. The minimum absolute atomic E-state index is 0.205. The molecule has 0 amide bonds. The minimum Gasteiger partial charge on any atom is -0.296 e. The molecule has 0 spiro atoms. The first-order valence-electron chi connectivity index (χ1n) is 10.2. The Hall–Kier alpha value is -3.14. The summed E-state index contributed by atoms with van der Waals surface area (Å²) in [4.78, 5) is 26.1. The van der Waals surface area contributed by atoms with Crippen LogP contribution in [0.5, 0.6) is 0 Å². The molecule has 0 fully saturated rings. The molecule has 0 saturated heterocycles. The lowest BCUT2D eigenvalue weighted by Gasteiger charge is -2.13. The third kappa shape index (κ3) is 5.67. The molecular formula is C25H28N2O2. The molecule has 0 aliphatic heterocycles. The van der Waals surface area contributed by atoms with Crippen LogP contribution in [0.4, 0.5) is 0 Å². The molecule has 2 aromatic carbocycles. The lowest BCUT2D eigenvalue weighted by atomic mass is 10.1. The SMILES string of the molecule is CCCC/C=C\Cc1cn(Cc2ccccc2)c(=O)n(Cc2ccccc2)c1=O. The Morgan fingerprint density at radius 3 is 2.07 bits per heavy atom. The molecule has 4 heteroatoms. The van der Waals surface area contributed by atoms with Crippen molar-refractivity contribution in [2.24, 2.45) is 0 Å². The Bertz CT molecular complexity index is 1050. The normalized spacial score (nSPS) is 11.2. The lowest BCUT2D eigenvalue weighted by molar-refractivity contribution is 0.603. The van der Waals surface area contributed by atoms with Crippen LogP contribution in [0.1, 0.15) is 42.9 Å². The highest BCUT2D eigenvalue weighted by Gasteiger charge is 2.12. The zero-order chi connectivity index (χ0) is 20.5. The van der Waals surface area contributed by atoms with Crippen LogP contribution in [0.15, 0.2) is 88.6 Å². The van der Waals surface area contributed by atoms with Crippen LogP contribution < -0.4 is 11.2 Å². The summed E-state index contributed by atoms with van der Waals surface area (Å²) >= 11 is 0. The fourth-order valence-electron chi connectivity index (χ4n) is 3.30. The van der Waals surface area contributed by atoms with Crippen molar-refractivity contribution in [1.82, 2.24) is 9.13 Å². The van der Waals surface area contributed by atoms with Gasteiger partial charge in [0.05, 0.1) is 13.1 Å². The molecule has 1 aromatic heterocycles. The van der Waals surface area contributed by atoms with E-state index in [9.17, 15) is 9.59 Å². The maximum atomic E-state index is 13.1. The van der Waals surface area contributed by atoms with Gasteiger partial charge in [-0.1, -0.05) is 92.6 Å².